The lowest BCUT2D eigenvalue weighted by molar-refractivity contribution is -0.130. The summed E-state index contributed by atoms with van der Waals surface area (Å²) in [5.74, 6) is 0.949. The van der Waals surface area contributed by atoms with Gasteiger partial charge in [0.1, 0.15) is 5.75 Å². The van der Waals surface area contributed by atoms with Crippen LogP contribution in [-0.4, -0.2) is 34.7 Å². The average Bonchev–Trinajstić information content (AvgIpc) is 2.90. The third-order valence-corrected chi connectivity index (χ3v) is 3.37. The largest absolute Gasteiger partial charge is 0.497 e. The molecule has 0 bridgehead atoms. The summed E-state index contributed by atoms with van der Waals surface area (Å²) in [6, 6.07) is 7.82. The van der Waals surface area contributed by atoms with Gasteiger partial charge in [-0.15, -0.1) is 0 Å². The van der Waals surface area contributed by atoms with E-state index in [1.54, 1.807) is 22.9 Å². The third kappa shape index (κ3) is 4.34. The molecule has 5 heteroatoms. The second-order valence-corrected chi connectivity index (χ2v) is 5.12. The molecule has 2 rings (SSSR count). The fourth-order valence-corrected chi connectivity index (χ4v) is 2.19. The van der Waals surface area contributed by atoms with Gasteiger partial charge in [-0.2, -0.15) is 5.10 Å². The summed E-state index contributed by atoms with van der Waals surface area (Å²) in [4.78, 5) is 13.9. The molecular formula is C16H21N3O2. The van der Waals surface area contributed by atoms with E-state index in [1.165, 1.54) is 0 Å². The summed E-state index contributed by atoms with van der Waals surface area (Å²) in [6.45, 7) is 0.588. The van der Waals surface area contributed by atoms with Gasteiger partial charge in [-0.3, -0.25) is 9.48 Å². The number of nitrogens with zero attached hydrogens (tertiary/aromatic N) is 3. The van der Waals surface area contributed by atoms with Crippen LogP contribution in [-0.2, 0) is 24.8 Å². The predicted molar refractivity (Wildman–Crippen MR) is 81.0 cm³/mol. The summed E-state index contributed by atoms with van der Waals surface area (Å²) >= 11 is 0. The van der Waals surface area contributed by atoms with Gasteiger partial charge in [-0.25, -0.2) is 0 Å². The maximum atomic E-state index is 12.1. The second-order valence-electron chi connectivity index (χ2n) is 5.12. The molecule has 2 aromatic rings. The third-order valence-electron chi connectivity index (χ3n) is 3.37. The molecule has 0 aliphatic carbocycles. The standard InChI is InChI=1S/C16H21N3O2/c1-18(11-14-10-17-19(2)12-14)16(20)8-7-13-5-4-6-15(9-13)21-3/h4-6,9-10,12H,7-8,11H2,1-3H3. The monoisotopic (exact) mass is 287 g/mol. The molecule has 0 unspecified atom stereocenters. The van der Waals surface area contributed by atoms with Crippen LogP contribution in [0, 0.1) is 0 Å². The lowest BCUT2D eigenvalue weighted by Crippen LogP contribution is -2.26. The molecule has 0 spiro atoms. The zero-order valence-corrected chi connectivity index (χ0v) is 12.7. The molecule has 0 aliphatic rings. The Labute approximate surface area is 125 Å². The van der Waals surface area contributed by atoms with E-state index in [4.69, 9.17) is 4.74 Å². The molecule has 0 radical (unpaired) electrons. The number of hydrogen-bond donors (Lipinski definition) is 0. The summed E-state index contributed by atoms with van der Waals surface area (Å²) < 4.78 is 6.93. The van der Waals surface area contributed by atoms with E-state index in [0.29, 0.717) is 19.4 Å². The summed E-state index contributed by atoms with van der Waals surface area (Å²) in [5, 5.41) is 4.11. The topological polar surface area (TPSA) is 47.4 Å². The lowest BCUT2D eigenvalue weighted by Gasteiger charge is -2.16. The number of aryl methyl sites for hydroxylation is 2. The number of carbonyl (C=O) groups excluding carboxylic acids is 1. The molecule has 1 amide bonds. The number of hydrogen-bond acceptors (Lipinski definition) is 3. The normalized spacial score (nSPS) is 10.4. The highest BCUT2D eigenvalue weighted by molar-refractivity contribution is 5.76. The molecule has 0 fully saturated rings. The molecular weight excluding hydrogens is 266 g/mol. The Morgan fingerprint density at radius 2 is 2.19 bits per heavy atom. The lowest BCUT2D eigenvalue weighted by atomic mass is 10.1. The van der Waals surface area contributed by atoms with Crippen LogP contribution >= 0.6 is 0 Å². The molecule has 0 N–H and O–H groups in total. The molecule has 5 nitrogen and oxygen atoms in total. The summed E-state index contributed by atoms with van der Waals surface area (Å²) in [5.41, 5.74) is 2.15. The molecule has 21 heavy (non-hydrogen) atoms. The van der Waals surface area contributed by atoms with Crippen LogP contribution in [0.4, 0.5) is 0 Å². The van der Waals surface area contributed by atoms with Crippen molar-refractivity contribution >= 4 is 5.91 Å². The molecule has 0 atom stereocenters. The maximum Gasteiger partial charge on any atom is 0.222 e. The molecule has 0 saturated heterocycles. The van der Waals surface area contributed by atoms with E-state index < -0.39 is 0 Å². The Bertz CT molecular complexity index is 607. The zero-order valence-electron chi connectivity index (χ0n) is 12.7. The van der Waals surface area contributed by atoms with E-state index in [9.17, 15) is 4.79 Å². The second kappa shape index (κ2) is 6.92. The average molecular weight is 287 g/mol. The van der Waals surface area contributed by atoms with Gasteiger partial charge in [0, 0.05) is 38.8 Å². The van der Waals surface area contributed by atoms with Crippen molar-refractivity contribution in [3.63, 3.8) is 0 Å². The number of ether oxygens (including phenoxy) is 1. The van der Waals surface area contributed by atoms with Crippen molar-refractivity contribution in [2.24, 2.45) is 7.05 Å². The number of amides is 1. The predicted octanol–water partition coefficient (Wildman–Crippen LogP) is 2.02. The van der Waals surface area contributed by atoms with Gasteiger partial charge >= 0.3 is 0 Å². The van der Waals surface area contributed by atoms with Crippen molar-refractivity contribution in [2.45, 2.75) is 19.4 Å². The van der Waals surface area contributed by atoms with Gasteiger partial charge in [-0.1, -0.05) is 12.1 Å². The van der Waals surface area contributed by atoms with Gasteiger partial charge in [-0.05, 0) is 24.1 Å². The molecule has 1 aromatic carbocycles. The highest BCUT2D eigenvalue weighted by atomic mass is 16.5. The quantitative estimate of drug-likeness (QED) is 0.816. The minimum atomic E-state index is 0.127. The molecule has 112 valence electrons. The summed E-state index contributed by atoms with van der Waals surface area (Å²) in [7, 11) is 5.33. The van der Waals surface area contributed by atoms with E-state index in [1.807, 2.05) is 44.6 Å². The van der Waals surface area contributed by atoms with Crippen molar-refractivity contribution in [3.8, 4) is 5.75 Å². The van der Waals surface area contributed by atoms with E-state index in [-0.39, 0.29) is 5.91 Å². The highest BCUT2D eigenvalue weighted by Gasteiger charge is 2.10. The first-order chi connectivity index (χ1) is 10.1. The fourth-order valence-electron chi connectivity index (χ4n) is 2.19. The Morgan fingerprint density at radius 1 is 1.38 bits per heavy atom. The Balaban J connectivity index is 1.85. The van der Waals surface area contributed by atoms with Gasteiger partial charge in [0.2, 0.25) is 5.91 Å². The number of carbonyl (C=O) groups is 1. The first-order valence-electron chi connectivity index (χ1n) is 6.93. The first-order valence-corrected chi connectivity index (χ1v) is 6.93. The van der Waals surface area contributed by atoms with Crippen LogP contribution in [0.1, 0.15) is 17.5 Å². The van der Waals surface area contributed by atoms with Crippen molar-refractivity contribution in [1.29, 1.82) is 0 Å². The van der Waals surface area contributed by atoms with Gasteiger partial charge in [0.15, 0.2) is 0 Å². The number of methoxy groups -OCH3 is 1. The van der Waals surface area contributed by atoms with Crippen LogP contribution in [0.2, 0.25) is 0 Å². The van der Waals surface area contributed by atoms with Crippen LogP contribution in [0.15, 0.2) is 36.7 Å². The van der Waals surface area contributed by atoms with Crippen LogP contribution in [0.3, 0.4) is 0 Å². The van der Waals surface area contributed by atoms with Crippen molar-refractivity contribution in [3.05, 3.63) is 47.8 Å². The van der Waals surface area contributed by atoms with Crippen LogP contribution in [0.5, 0.6) is 5.75 Å². The zero-order chi connectivity index (χ0) is 15.2. The minimum absolute atomic E-state index is 0.127. The number of benzene rings is 1. The van der Waals surface area contributed by atoms with Crippen molar-refractivity contribution in [1.82, 2.24) is 14.7 Å². The maximum absolute atomic E-state index is 12.1. The van der Waals surface area contributed by atoms with E-state index in [2.05, 4.69) is 5.10 Å². The van der Waals surface area contributed by atoms with Crippen molar-refractivity contribution in [2.75, 3.05) is 14.2 Å². The molecule has 1 aromatic heterocycles. The van der Waals surface area contributed by atoms with Gasteiger partial charge in [0.05, 0.1) is 13.3 Å². The van der Waals surface area contributed by atoms with Crippen LogP contribution < -0.4 is 4.74 Å². The summed E-state index contributed by atoms with van der Waals surface area (Å²) in [6.07, 6.45) is 4.91. The Hall–Kier alpha value is -2.30. The van der Waals surface area contributed by atoms with Gasteiger partial charge in [0.25, 0.3) is 0 Å². The highest BCUT2D eigenvalue weighted by Crippen LogP contribution is 2.14. The molecule has 0 aliphatic heterocycles. The fraction of sp³-hybridized carbons (Fsp3) is 0.375. The SMILES string of the molecule is COc1cccc(CCC(=O)N(C)Cc2cnn(C)c2)c1. The van der Waals surface area contributed by atoms with Crippen molar-refractivity contribution < 1.29 is 9.53 Å². The first kappa shape index (κ1) is 15.1. The Morgan fingerprint density at radius 3 is 2.86 bits per heavy atom. The molecule has 1 heterocycles. The molecule has 0 saturated carbocycles. The van der Waals surface area contributed by atoms with E-state index >= 15 is 0 Å². The van der Waals surface area contributed by atoms with Crippen LogP contribution in [0.25, 0.3) is 0 Å². The minimum Gasteiger partial charge on any atom is -0.497 e. The number of rotatable bonds is 6. The number of aromatic nitrogens is 2. The Kier molecular flexibility index (Phi) is 4.98. The van der Waals surface area contributed by atoms with Gasteiger partial charge < -0.3 is 9.64 Å². The smallest absolute Gasteiger partial charge is 0.222 e. The van der Waals surface area contributed by atoms with E-state index in [0.717, 1.165) is 16.9 Å².